The number of nitrogens with zero attached hydrogens (tertiary/aromatic N) is 1. The maximum Gasteiger partial charge on any atom is 0.338 e. The zero-order chi connectivity index (χ0) is 14.8. The molecule has 21 heavy (non-hydrogen) atoms. The normalized spacial score (nSPS) is 10.7. The summed E-state index contributed by atoms with van der Waals surface area (Å²) in [6.45, 7) is 0. The third-order valence-electron chi connectivity index (χ3n) is 3.18. The average molecular weight is 283 g/mol. The van der Waals surface area contributed by atoms with E-state index < -0.39 is 5.97 Å². The van der Waals surface area contributed by atoms with Gasteiger partial charge in [0.05, 0.1) is 12.7 Å². The number of para-hydroxylation sites is 1. The molecule has 106 valence electrons. The van der Waals surface area contributed by atoms with Crippen molar-refractivity contribution in [3.8, 4) is 5.75 Å². The summed E-state index contributed by atoms with van der Waals surface area (Å²) in [5, 5.41) is 9.15. The first kappa shape index (κ1) is 13.2. The van der Waals surface area contributed by atoms with Crippen LogP contribution in [0.2, 0.25) is 0 Å². The van der Waals surface area contributed by atoms with Gasteiger partial charge in [-0.1, -0.05) is 18.2 Å². The lowest BCUT2D eigenvalue weighted by Crippen LogP contribution is -1.97. The molecule has 0 radical (unpaired) electrons. The van der Waals surface area contributed by atoms with Gasteiger partial charge in [0.1, 0.15) is 11.3 Å². The van der Waals surface area contributed by atoms with Gasteiger partial charge in [-0.3, -0.25) is 0 Å². The van der Waals surface area contributed by atoms with E-state index in [-0.39, 0.29) is 5.56 Å². The van der Waals surface area contributed by atoms with Crippen LogP contribution in [0.3, 0.4) is 0 Å². The van der Waals surface area contributed by atoms with Crippen molar-refractivity contribution in [1.82, 2.24) is 4.98 Å². The molecule has 0 bridgehead atoms. The predicted octanol–water partition coefficient (Wildman–Crippen LogP) is 3.13. The molecular formula is C16H13NO4. The van der Waals surface area contributed by atoms with Gasteiger partial charge in [-0.25, -0.2) is 9.78 Å². The fourth-order valence-electron chi connectivity index (χ4n) is 2.20. The Morgan fingerprint density at radius 2 is 2.10 bits per heavy atom. The van der Waals surface area contributed by atoms with Crippen molar-refractivity contribution in [2.24, 2.45) is 0 Å². The van der Waals surface area contributed by atoms with Crippen LogP contribution in [0, 0.1) is 0 Å². The first-order valence-electron chi connectivity index (χ1n) is 6.42. The molecule has 5 heteroatoms. The van der Waals surface area contributed by atoms with E-state index in [0.717, 1.165) is 11.3 Å². The molecule has 1 heterocycles. The molecule has 0 saturated carbocycles. The van der Waals surface area contributed by atoms with Crippen LogP contribution in [-0.2, 0) is 6.42 Å². The standard InChI is InChI=1S/C16H13NO4/c1-20-11-5-2-4-10(8-11)9-14-17-15-12(16(18)19)6-3-7-13(15)21-14/h2-8H,9H2,1H3,(H,18,19). The number of aromatic carboxylic acids is 1. The maximum atomic E-state index is 11.2. The maximum absolute atomic E-state index is 11.2. The zero-order valence-corrected chi connectivity index (χ0v) is 11.4. The van der Waals surface area contributed by atoms with Crippen molar-refractivity contribution in [3.05, 3.63) is 59.5 Å². The van der Waals surface area contributed by atoms with Gasteiger partial charge in [0.25, 0.3) is 0 Å². The number of rotatable bonds is 4. The SMILES string of the molecule is COc1cccc(Cc2nc3c(C(=O)O)cccc3o2)c1. The largest absolute Gasteiger partial charge is 0.497 e. The van der Waals surface area contributed by atoms with E-state index >= 15 is 0 Å². The molecule has 5 nitrogen and oxygen atoms in total. The molecule has 0 aliphatic carbocycles. The lowest BCUT2D eigenvalue weighted by Gasteiger charge is -2.01. The van der Waals surface area contributed by atoms with Crippen molar-refractivity contribution in [1.29, 1.82) is 0 Å². The summed E-state index contributed by atoms with van der Waals surface area (Å²) in [4.78, 5) is 15.5. The average Bonchev–Trinajstić information content (AvgIpc) is 2.89. The minimum atomic E-state index is -1.01. The first-order chi connectivity index (χ1) is 10.2. The van der Waals surface area contributed by atoms with Gasteiger partial charge >= 0.3 is 5.97 Å². The molecule has 0 aliphatic heterocycles. The van der Waals surface area contributed by atoms with Crippen LogP contribution in [0.5, 0.6) is 5.75 Å². The highest BCUT2D eigenvalue weighted by Crippen LogP contribution is 2.22. The molecule has 0 atom stereocenters. The Balaban J connectivity index is 1.98. The molecule has 0 aliphatic rings. The number of hydrogen-bond donors (Lipinski definition) is 1. The second-order valence-electron chi connectivity index (χ2n) is 4.59. The van der Waals surface area contributed by atoms with Crippen LogP contribution in [-0.4, -0.2) is 23.2 Å². The van der Waals surface area contributed by atoms with Crippen LogP contribution in [0.4, 0.5) is 0 Å². The second-order valence-corrected chi connectivity index (χ2v) is 4.59. The zero-order valence-electron chi connectivity index (χ0n) is 11.4. The van der Waals surface area contributed by atoms with E-state index in [0.29, 0.717) is 23.4 Å². The lowest BCUT2D eigenvalue weighted by atomic mass is 10.1. The highest BCUT2D eigenvalue weighted by molar-refractivity contribution is 6.00. The fourth-order valence-corrected chi connectivity index (χ4v) is 2.20. The summed E-state index contributed by atoms with van der Waals surface area (Å²) in [6, 6.07) is 12.5. The topological polar surface area (TPSA) is 72.6 Å². The van der Waals surface area contributed by atoms with E-state index in [4.69, 9.17) is 14.3 Å². The summed E-state index contributed by atoms with van der Waals surface area (Å²) in [5.41, 5.74) is 1.99. The number of carboxylic acid groups (broad SMARTS) is 1. The van der Waals surface area contributed by atoms with Crippen LogP contribution in [0.15, 0.2) is 46.9 Å². The number of carboxylic acids is 1. The molecule has 0 amide bonds. The van der Waals surface area contributed by atoms with Crippen molar-refractivity contribution in [2.45, 2.75) is 6.42 Å². The van der Waals surface area contributed by atoms with E-state index in [1.54, 1.807) is 19.2 Å². The van der Waals surface area contributed by atoms with E-state index in [1.165, 1.54) is 6.07 Å². The van der Waals surface area contributed by atoms with E-state index in [9.17, 15) is 4.79 Å². The molecule has 0 fully saturated rings. The molecule has 2 aromatic carbocycles. The number of hydrogen-bond acceptors (Lipinski definition) is 4. The Labute approximate surface area is 120 Å². The van der Waals surface area contributed by atoms with E-state index in [1.807, 2.05) is 24.3 Å². The third-order valence-corrected chi connectivity index (χ3v) is 3.18. The molecule has 3 aromatic rings. The third kappa shape index (κ3) is 2.58. The molecule has 1 N–H and O–H groups in total. The Bertz CT molecular complexity index is 807. The van der Waals surface area contributed by atoms with Gasteiger partial charge < -0.3 is 14.3 Å². The quantitative estimate of drug-likeness (QED) is 0.796. The predicted molar refractivity (Wildman–Crippen MR) is 76.8 cm³/mol. The summed E-state index contributed by atoms with van der Waals surface area (Å²) in [5.74, 6) is 0.226. The Kier molecular flexibility index (Phi) is 3.31. The molecule has 0 spiro atoms. The van der Waals surface area contributed by atoms with Crippen molar-refractivity contribution < 1.29 is 19.1 Å². The summed E-state index contributed by atoms with van der Waals surface area (Å²) in [7, 11) is 1.61. The van der Waals surface area contributed by atoms with Gasteiger partial charge in [0, 0.05) is 6.42 Å². The number of benzene rings is 2. The molecular weight excluding hydrogens is 270 g/mol. The van der Waals surface area contributed by atoms with E-state index in [2.05, 4.69) is 4.98 Å². The lowest BCUT2D eigenvalue weighted by molar-refractivity contribution is 0.0699. The highest BCUT2D eigenvalue weighted by Gasteiger charge is 2.14. The highest BCUT2D eigenvalue weighted by atomic mass is 16.5. The minimum absolute atomic E-state index is 0.146. The number of aromatic nitrogens is 1. The van der Waals surface area contributed by atoms with Crippen molar-refractivity contribution in [3.63, 3.8) is 0 Å². The van der Waals surface area contributed by atoms with Gasteiger partial charge in [0.15, 0.2) is 11.5 Å². The summed E-state index contributed by atoms with van der Waals surface area (Å²) >= 11 is 0. The molecule has 0 saturated heterocycles. The van der Waals surface area contributed by atoms with Gasteiger partial charge in [0.2, 0.25) is 0 Å². The Morgan fingerprint density at radius 1 is 1.29 bits per heavy atom. The first-order valence-corrected chi connectivity index (χ1v) is 6.42. The van der Waals surface area contributed by atoms with Crippen LogP contribution >= 0.6 is 0 Å². The smallest absolute Gasteiger partial charge is 0.338 e. The Morgan fingerprint density at radius 3 is 2.86 bits per heavy atom. The van der Waals surface area contributed by atoms with Gasteiger partial charge in [-0.05, 0) is 29.8 Å². The summed E-state index contributed by atoms with van der Waals surface area (Å²) < 4.78 is 10.8. The van der Waals surface area contributed by atoms with Crippen LogP contribution in [0.25, 0.3) is 11.1 Å². The van der Waals surface area contributed by atoms with Crippen LogP contribution in [0.1, 0.15) is 21.8 Å². The second kappa shape index (κ2) is 5.28. The van der Waals surface area contributed by atoms with Crippen LogP contribution < -0.4 is 4.74 Å². The van der Waals surface area contributed by atoms with Crippen molar-refractivity contribution >= 4 is 17.1 Å². The fraction of sp³-hybridized carbons (Fsp3) is 0.125. The molecule has 0 unspecified atom stereocenters. The summed E-state index contributed by atoms with van der Waals surface area (Å²) in [6.07, 6.45) is 0.477. The number of ether oxygens (including phenoxy) is 1. The molecule has 3 rings (SSSR count). The monoisotopic (exact) mass is 283 g/mol. The number of methoxy groups -OCH3 is 1. The molecule has 1 aromatic heterocycles. The van der Waals surface area contributed by atoms with Gasteiger partial charge in [-0.15, -0.1) is 0 Å². The number of oxazole rings is 1. The number of fused-ring (bicyclic) bond motifs is 1. The minimum Gasteiger partial charge on any atom is -0.497 e. The van der Waals surface area contributed by atoms with Gasteiger partial charge in [-0.2, -0.15) is 0 Å². The number of carbonyl (C=O) groups is 1. The van der Waals surface area contributed by atoms with Crippen molar-refractivity contribution in [2.75, 3.05) is 7.11 Å². The Hall–Kier alpha value is -2.82.